The van der Waals surface area contributed by atoms with Crippen molar-refractivity contribution < 1.29 is 18.0 Å². The molecule has 0 radical (unpaired) electrons. The molecule has 0 unspecified atom stereocenters. The third-order valence-electron chi connectivity index (χ3n) is 4.70. The van der Waals surface area contributed by atoms with Gasteiger partial charge in [0.1, 0.15) is 0 Å². The minimum Gasteiger partial charge on any atom is -0.273 e. The van der Waals surface area contributed by atoms with Crippen molar-refractivity contribution in [3.63, 3.8) is 0 Å². The fourth-order valence-corrected chi connectivity index (χ4v) is 4.33. The van der Waals surface area contributed by atoms with Crippen LogP contribution < -0.4 is 15.6 Å². The average Bonchev–Trinajstić information content (AvgIpc) is 2.72. The molecule has 0 saturated heterocycles. The van der Waals surface area contributed by atoms with Gasteiger partial charge in [0.15, 0.2) is 0 Å². The maximum Gasteiger partial charge on any atom is 0.269 e. The molecule has 0 aliphatic heterocycles. The van der Waals surface area contributed by atoms with Crippen molar-refractivity contribution in [2.45, 2.75) is 37.0 Å². The van der Waals surface area contributed by atoms with Crippen molar-refractivity contribution in [1.82, 2.24) is 15.6 Å². The summed E-state index contributed by atoms with van der Waals surface area (Å²) in [5, 5.41) is 0.497. The number of hydrazine groups is 1. The molecular weight excluding hydrogens is 414 g/mol. The molecule has 7 nitrogen and oxygen atoms in total. The van der Waals surface area contributed by atoms with Gasteiger partial charge in [0, 0.05) is 23.6 Å². The van der Waals surface area contributed by atoms with E-state index in [2.05, 4.69) is 15.6 Å². The normalized spacial score (nSPS) is 13.4. The van der Waals surface area contributed by atoms with E-state index in [0.29, 0.717) is 10.6 Å². The van der Waals surface area contributed by atoms with Gasteiger partial charge in [-0.3, -0.25) is 20.4 Å². The quantitative estimate of drug-likeness (QED) is 0.606. The second-order valence-electron chi connectivity index (χ2n) is 6.79. The number of halogens is 1. The molecule has 154 valence electrons. The lowest BCUT2D eigenvalue weighted by atomic mass is 9.92. The summed E-state index contributed by atoms with van der Waals surface area (Å²) >= 11 is 5.76. The lowest BCUT2D eigenvalue weighted by Gasteiger charge is -2.16. The fraction of sp³-hybridized carbons (Fsp3) is 0.300. The summed E-state index contributed by atoms with van der Waals surface area (Å²) in [5.41, 5.74) is 7.14. The van der Waals surface area contributed by atoms with E-state index in [4.69, 9.17) is 11.6 Å². The van der Waals surface area contributed by atoms with Crippen LogP contribution in [0.1, 0.15) is 40.7 Å². The van der Waals surface area contributed by atoms with Crippen LogP contribution in [0, 0.1) is 0 Å². The Bertz CT molecular complexity index is 1010. The van der Waals surface area contributed by atoms with Crippen molar-refractivity contribution in [3.05, 3.63) is 64.2 Å². The van der Waals surface area contributed by atoms with Crippen LogP contribution in [0.15, 0.2) is 47.4 Å². The molecule has 1 aliphatic rings. The van der Waals surface area contributed by atoms with E-state index in [9.17, 15) is 18.0 Å². The Balaban J connectivity index is 1.46. The number of benzene rings is 2. The first-order valence-corrected chi connectivity index (χ1v) is 11.2. The molecule has 3 rings (SSSR count). The first-order valence-electron chi connectivity index (χ1n) is 9.31. The van der Waals surface area contributed by atoms with E-state index >= 15 is 0 Å². The largest absolute Gasteiger partial charge is 0.273 e. The third-order valence-corrected chi connectivity index (χ3v) is 6.41. The van der Waals surface area contributed by atoms with Gasteiger partial charge in [-0.1, -0.05) is 17.7 Å². The number of sulfonamides is 1. The van der Waals surface area contributed by atoms with Crippen LogP contribution >= 0.6 is 11.6 Å². The number of carbonyl (C=O) groups is 2. The number of aryl methyl sites for hydroxylation is 2. The van der Waals surface area contributed by atoms with Crippen molar-refractivity contribution in [2.75, 3.05) is 6.54 Å². The molecule has 2 aromatic rings. The molecule has 0 fully saturated rings. The maximum atomic E-state index is 12.5. The summed E-state index contributed by atoms with van der Waals surface area (Å²) in [5.74, 6) is -1.01. The van der Waals surface area contributed by atoms with E-state index < -0.39 is 21.8 Å². The van der Waals surface area contributed by atoms with Crippen molar-refractivity contribution >= 4 is 33.4 Å². The lowest BCUT2D eigenvalue weighted by molar-refractivity contribution is -0.121. The average molecular weight is 436 g/mol. The van der Waals surface area contributed by atoms with Crippen LogP contribution in [0.3, 0.4) is 0 Å². The van der Waals surface area contributed by atoms with E-state index in [1.165, 1.54) is 17.7 Å². The van der Waals surface area contributed by atoms with Crippen LogP contribution in [-0.4, -0.2) is 26.8 Å². The molecule has 0 saturated carbocycles. The van der Waals surface area contributed by atoms with E-state index in [-0.39, 0.29) is 17.9 Å². The first-order chi connectivity index (χ1) is 13.8. The van der Waals surface area contributed by atoms with Crippen LogP contribution in [0.5, 0.6) is 0 Å². The van der Waals surface area contributed by atoms with E-state index in [0.717, 1.165) is 31.2 Å². The molecule has 0 heterocycles. The van der Waals surface area contributed by atoms with Gasteiger partial charge in [-0.25, -0.2) is 13.1 Å². The van der Waals surface area contributed by atoms with Crippen molar-refractivity contribution in [3.8, 4) is 0 Å². The number of amides is 2. The predicted molar refractivity (Wildman–Crippen MR) is 110 cm³/mol. The maximum absolute atomic E-state index is 12.5. The van der Waals surface area contributed by atoms with Crippen LogP contribution in [-0.2, 0) is 27.7 Å². The smallest absolute Gasteiger partial charge is 0.269 e. The molecule has 1 aliphatic carbocycles. The Hall–Kier alpha value is -2.42. The zero-order valence-corrected chi connectivity index (χ0v) is 17.3. The molecule has 9 heteroatoms. The number of fused-ring (bicyclic) bond motifs is 1. The first kappa shape index (κ1) is 21.3. The number of rotatable bonds is 6. The van der Waals surface area contributed by atoms with Gasteiger partial charge in [0.05, 0.1) is 4.90 Å². The summed E-state index contributed by atoms with van der Waals surface area (Å²) in [6.07, 6.45) is 3.93. The minimum atomic E-state index is -3.70. The van der Waals surface area contributed by atoms with Crippen molar-refractivity contribution in [1.29, 1.82) is 0 Å². The number of carbonyl (C=O) groups excluding carboxylic acids is 2. The van der Waals surface area contributed by atoms with Crippen LogP contribution in [0.2, 0.25) is 5.02 Å². The molecule has 2 aromatic carbocycles. The highest BCUT2D eigenvalue weighted by Gasteiger charge is 2.18. The topological polar surface area (TPSA) is 104 Å². The highest BCUT2D eigenvalue weighted by atomic mass is 35.5. The predicted octanol–water partition coefficient (Wildman–Crippen LogP) is 2.35. The van der Waals surface area contributed by atoms with Crippen molar-refractivity contribution in [2.24, 2.45) is 0 Å². The molecule has 0 bridgehead atoms. The second kappa shape index (κ2) is 9.39. The Labute approximate surface area is 174 Å². The molecule has 2 amide bonds. The Morgan fingerprint density at radius 3 is 2.34 bits per heavy atom. The Kier molecular flexibility index (Phi) is 6.89. The number of hydrogen-bond acceptors (Lipinski definition) is 4. The van der Waals surface area contributed by atoms with Gasteiger partial charge in [0.2, 0.25) is 15.9 Å². The van der Waals surface area contributed by atoms with Crippen LogP contribution in [0.25, 0.3) is 0 Å². The molecule has 0 aromatic heterocycles. The zero-order valence-electron chi connectivity index (χ0n) is 15.7. The third kappa shape index (κ3) is 5.79. The zero-order chi connectivity index (χ0) is 20.9. The summed E-state index contributed by atoms with van der Waals surface area (Å²) < 4.78 is 27.3. The SMILES string of the molecule is O=C(CCNS(=O)(=O)c1ccc2c(c1)CCCC2)NNC(=O)c1ccc(Cl)cc1. The van der Waals surface area contributed by atoms with Gasteiger partial charge in [-0.15, -0.1) is 0 Å². The molecule has 0 atom stereocenters. The summed E-state index contributed by atoms with van der Waals surface area (Å²) in [6, 6.07) is 11.3. The van der Waals surface area contributed by atoms with Gasteiger partial charge < -0.3 is 0 Å². The summed E-state index contributed by atoms with van der Waals surface area (Å²) in [7, 11) is -3.70. The van der Waals surface area contributed by atoms with E-state index in [1.807, 2.05) is 6.07 Å². The van der Waals surface area contributed by atoms with Gasteiger partial charge in [-0.2, -0.15) is 0 Å². The second-order valence-corrected chi connectivity index (χ2v) is 9.00. The summed E-state index contributed by atoms with van der Waals surface area (Å²) in [6.45, 7) is -0.0813. The minimum absolute atomic E-state index is 0.0813. The monoisotopic (exact) mass is 435 g/mol. The Morgan fingerprint density at radius 2 is 1.62 bits per heavy atom. The molecular formula is C20H22ClN3O4S. The van der Waals surface area contributed by atoms with Gasteiger partial charge >= 0.3 is 0 Å². The summed E-state index contributed by atoms with van der Waals surface area (Å²) in [4.78, 5) is 24.0. The lowest BCUT2D eigenvalue weighted by Crippen LogP contribution is -2.42. The highest BCUT2D eigenvalue weighted by molar-refractivity contribution is 7.89. The molecule has 29 heavy (non-hydrogen) atoms. The standard InChI is InChI=1S/C20H22ClN3O4S/c21-17-8-5-15(6-9-17)20(26)24-23-19(25)11-12-22-29(27,28)18-10-7-14-3-1-2-4-16(14)13-18/h5-10,13,22H,1-4,11-12H2,(H,23,25)(H,24,26). The van der Waals surface area contributed by atoms with Gasteiger partial charge in [0.25, 0.3) is 5.91 Å². The number of nitrogens with one attached hydrogen (secondary N) is 3. The van der Waals surface area contributed by atoms with E-state index in [1.54, 1.807) is 24.3 Å². The Morgan fingerprint density at radius 1 is 0.931 bits per heavy atom. The fourth-order valence-electron chi connectivity index (χ4n) is 3.12. The molecule has 3 N–H and O–H groups in total. The molecule has 0 spiro atoms. The van der Waals surface area contributed by atoms with Gasteiger partial charge in [-0.05, 0) is 73.2 Å². The number of hydrogen-bond donors (Lipinski definition) is 3. The highest BCUT2D eigenvalue weighted by Crippen LogP contribution is 2.24. The van der Waals surface area contributed by atoms with Crippen LogP contribution in [0.4, 0.5) is 0 Å².